The minimum Gasteiger partial charge on any atom is -0.384 e. The molecule has 3 heteroatoms. The highest BCUT2D eigenvalue weighted by atomic mass is 19.1. The number of methoxy groups -OCH3 is 1. The van der Waals surface area contributed by atoms with Crippen molar-refractivity contribution in [3.8, 4) is 0 Å². The lowest BCUT2D eigenvalue weighted by atomic mass is 10.0. The molecule has 1 rings (SSSR count). The average Bonchev–Trinajstić information content (AvgIpc) is 2.30. The summed E-state index contributed by atoms with van der Waals surface area (Å²) in [6, 6.07) is 7.01. The molecule has 0 spiro atoms. The monoisotopic (exact) mass is 239 g/mol. The van der Waals surface area contributed by atoms with Gasteiger partial charge in [0.2, 0.25) is 0 Å². The molecule has 0 aliphatic carbocycles. The van der Waals surface area contributed by atoms with Gasteiger partial charge < -0.3 is 10.1 Å². The molecule has 2 nitrogen and oxygen atoms in total. The van der Waals surface area contributed by atoms with Crippen molar-refractivity contribution < 1.29 is 9.13 Å². The molecule has 0 amide bonds. The number of benzene rings is 1. The Hall–Kier alpha value is -0.930. The van der Waals surface area contributed by atoms with Crippen LogP contribution in [-0.2, 0) is 4.74 Å². The molecule has 0 saturated heterocycles. The van der Waals surface area contributed by atoms with Gasteiger partial charge in [-0.2, -0.15) is 0 Å². The number of ether oxygens (including phenoxy) is 1. The van der Waals surface area contributed by atoms with Gasteiger partial charge in [-0.3, -0.25) is 0 Å². The van der Waals surface area contributed by atoms with Gasteiger partial charge in [0.1, 0.15) is 5.82 Å². The molecular weight excluding hydrogens is 217 g/mol. The van der Waals surface area contributed by atoms with Crippen molar-refractivity contribution in [3.63, 3.8) is 0 Å². The first-order valence-corrected chi connectivity index (χ1v) is 6.15. The van der Waals surface area contributed by atoms with Gasteiger partial charge in [0.15, 0.2) is 0 Å². The summed E-state index contributed by atoms with van der Waals surface area (Å²) in [5.74, 6) is 0.287. The maximum absolute atomic E-state index is 13.1. The number of halogens is 1. The summed E-state index contributed by atoms with van der Waals surface area (Å²) >= 11 is 0. The van der Waals surface area contributed by atoms with Crippen molar-refractivity contribution in [2.45, 2.75) is 26.3 Å². The second-order valence-electron chi connectivity index (χ2n) is 4.48. The van der Waals surface area contributed by atoms with E-state index in [1.165, 1.54) is 6.07 Å². The van der Waals surface area contributed by atoms with Crippen LogP contribution in [0.2, 0.25) is 0 Å². The van der Waals surface area contributed by atoms with Gasteiger partial charge in [-0.05, 0) is 30.0 Å². The Morgan fingerprint density at radius 3 is 2.76 bits per heavy atom. The molecule has 0 aliphatic rings. The average molecular weight is 239 g/mol. The van der Waals surface area contributed by atoms with E-state index < -0.39 is 0 Å². The molecule has 17 heavy (non-hydrogen) atoms. The van der Waals surface area contributed by atoms with E-state index in [1.54, 1.807) is 19.2 Å². The largest absolute Gasteiger partial charge is 0.384 e. The summed E-state index contributed by atoms with van der Waals surface area (Å²) in [5.41, 5.74) is 1.01. The Kier molecular flexibility index (Phi) is 6.16. The molecule has 1 aromatic carbocycles. The highest BCUT2D eigenvalue weighted by molar-refractivity contribution is 5.20. The smallest absolute Gasteiger partial charge is 0.123 e. The van der Waals surface area contributed by atoms with Crippen molar-refractivity contribution in [1.29, 1.82) is 0 Å². The van der Waals surface area contributed by atoms with Crippen LogP contribution in [0.5, 0.6) is 0 Å². The molecule has 0 saturated carbocycles. The highest BCUT2D eigenvalue weighted by Crippen LogP contribution is 2.17. The Morgan fingerprint density at radius 2 is 2.18 bits per heavy atom. The van der Waals surface area contributed by atoms with Gasteiger partial charge in [0.25, 0.3) is 0 Å². The first kappa shape index (κ1) is 14.1. The van der Waals surface area contributed by atoms with Crippen LogP contribution >= 0.6 is 0 Å². The van der Waals surface area contributed by atoms with Crippen molar-refractivity contribution in [2.24, 2.45) is 5.92 Å². The molecular formula is C14H22FNO. The first-order valence-electron chi connectivity index (χ1n) is 6.15. The molecule has 0 heterocycles. The SMILES string of the molecule is CCC(NCC(C)COC)c1cccc(F)c1. The van der Waals surface area contributed by atoms with E-state index in [9.17, 15) is 4.39 Å². The minimum absolute atomic E-state index is 0.173. The van der Waals surface area contributed by atoms with Crippen LogP contribution in [0.25, 0.3) is 0 Å². The molecule has 1 aromatic rings. The molecule has 0 radical (unpaired) electrons. The molecule has 0 aliphatic heterocycles. The predicted octanol–water partition coefficient (Wildman–Crippen LogP) is 3.15. The normalized spacial score (nSPS) is 14.6. The summed E-state index contributed by atoms with van der Waals surface area (Å²) in [6.07, 6.45) is 0.948. The minimum atomic E-state index is -0.173. The van der Waals surface area contributed by atoms with E-state index >= 15 is 0 Å². The standard InChI is InChI=1S/C14H22FNO/c1-4-14(16-9-11(2)10-17-3)12-6-5-7-13(15)8-12/h5-8,11,14,16H,4,9-10H2,1-3H3. The summed E-state index contributed by atoms with van der Waals surface area (Å²) in [6.45, 7) is 5.85. The van der Waals surface area contributed by atoms with Crippen LogP contribution in [0.3, 0.4) is 0 Å². The fraction of sp³-hybridized carbons (Fsp3) is 0.571. The molecule has 0 aromatic heterocycles. The maximum atomic E-state index is 13.1. The number of nitrogens with one attached hydrogen (secondary N) is 1. The summed E-state index contributed by atoms with van der Waals surface area (Å²) in [7, 11) is 1.71. The van der Waals surface area contributed by atoms with Crippen LogP contribution < -0.4 is 5.32 Å². The van der Waals surface area contributed by atoms with Gasteiger partial charge in [0.05, 0.1) is 0 Å². The van der Waals surface area contributed by atoms with Gasteiger partial charge in [0, 0.05) is 26.3 Å². The molecule has 0 fully saturated rings. The quantitative estimate of drug-likeness (QED) is 0.789. The summed E-state index contributed by atoms with van der Waals surface area (Å²) in [5, 5.41) is 3.45. The molecule has 96 valence electrons. The summed E-state index contributed by atoms with van der Waals surface area (Å²) < 4.78 is 18.2. The third-order valence-corrected chi connectivity index (χ3v) is 2.82. The van der Waals surface area contributed by atoms with Crippen LogP contribution in [0.1, 0.15) is 31.9 Å². The maximum Gasteiger partial charge on any atom is 0.123 e. The lowest BCUT2D eigenvalue weighted by Crippen LogP contribution is -2.27. The zero-order valence-electron chi connectivity index (χ0n) is 10.9. The van der Waals surface area contributed by atoms with Crippen molar-refractivity contribution in [3.05, 3.63) is 35.6 Å². The van der Waals surface area contributed by atoms with Crippen molar-refractivity contribution >= 4 is 0 Å². The van der Waals surface area contributed by atoms with Crippen molar-refractivity contribution in [1.82, 2.24) is 5.32 Å². The Labute approximate surface area is 103 Å². The lowest BCUT2D eigenvalue weighted by molar-refractivity contribution is 0.156. The predicted molar refractivity (Wildman–Crippen MR) is 68.5 cm³/mol. The Bertz CT molecular complexity index is 330. The summed E-state index contributed by atoms with van der Waals surface area (Å²) in [4.78, 5) is 0. The second-order valence-corrected chi connectivity index (χ2v) is 4.48. The molecule has 2 unspecified atom stereocenters. The number of hydrogen-bond donors (Lipinski definition) is 1. The van der Waals surface area contributed by atoms with E-state index in [4.69, 9.17) is 4.74 Å². The molecule has 2 atom stereocenters. The van der Waals surface area contributed by atoms with Crippen LogP contribution in [-0.4, -0.2) is 20.3 Å². The van der Waals surface area contributed by atoms with E-state index in [2.05, 4.69) is 19.2 Å². The van der Waals surface area contributed by atoms with E-state index in [0.717, 1.165) is 25.1 Å². The third kappa shape index (κ3) is 4.84. The fourth-order valence-corrected chi connectivity index (χ4v) is 1.91. The second kappa shape index (κ2) is 7.41. The molecule has 0 bridgehead atoms. The van der Waals surface area contributed by atoms with Gasteiger partial charge in [-0.25, -0.2) is 4.39 Å². The zero-order chi connectivity index (χ0) is 12.7. The Morgan fingerprint density at radius 1 is 1.41 bits per heavy atom. The van der Waals surface area contributed by atoms with Crippen LogP contribution in [0.4, 0.5) is 4.39 Å². The fourth-order valence-electron chi connectivity index (χ4n) is 1.91. The van der Waals surface area contributed by atoms with Gasteiger partial charge in [-0.1, -0.05) is 26.0 Å². The molecule has 1 N–H and O–H groups in total. The van der Waals surface area contributed by atoms with Gasteiger partial charge in [-0.15, -0.1) is 0 Å². The van der Waals surface area contributed by atoms with Crippen molar-refractivity contribution in [2.75, 3.05) is 20.3 Å². The topological polar surface area (TPSA) is 21.3 Å². The van der Waals surface area contributed by atoms with Crippen LogP contribution in [0, 0.1) is 11.7 Å². The first-order chi connectivity index (χ1) is 8.17. The van der Waals surface area contributed by atoms with Crippen LogP contribution in [0.15, 0.2) is 24.3 Å². The Balaban J connectivity index is 2.54. The van der Waals surface area contributed by atoms with E-state index in [-0.39, 0.29) is 11.9 Å². The van der Waals surface area contributed by atoms with Gasteiger partial charge >= 0.3 is 0 Å². The number of hydrogen-bond acceptors (Lipinski definition) is 2. The number of rotatable bonds is 7. The van der Waals surface area contributed by atoms with E-state index in [0.29, 0.717) is 5.92 Å². The lowest BCUT2D eigenvalue weighted by Gasteiger charge is -2.20. The zero-order valence-corrected chi connectivity index (χ0v) is 10.9. The highest BCUT2D eigenvalue weighted by Gasteiger charge is 2.10. The third-order valence-electron chi connectivity index (χ3n) is 2.82. The van der Waals surface area contributed by atoms with E-state index in [1.807, 2.05) is 6.07 Å².